The Balaban J connectivity index is 1.54. The van der Waals surface area contributed by atoms with Crippen LogP contribution in [0.3, 0.4) is 0 Å². The SMILES string of the molecule is NC1(c2nccc(N3CCCCCC3)n2)CCCCC1NC1CCCCC1. The average Bonchev–Trinajstić information content (AvgIpc) is 3.00. The van der Waals surface area contributed by atoms with E-state index in [2.05, 4.69) is 16.3 Å². The fourth-order valence-corrected chi connectivity index (χ4v) is 5.30. The van der Waals surface area contributed by atoms with Gasteiger partial charge in [0.05, 0.1) is 5.54 Å². The standard InChI is InChI=1S/C22H37N5/c23-22(14-7-6-12-19(22)25-18-10-4-3-5-11-18)21-24-15-13-20(26-21)27-16-8-1-2-9-17-27/h13,15,18-19,25H,1-12,14,16-17,23H2. The number of nitrogens with zero attached hydrogens (tertiary/aromatic N) is 3. The Morgan fingerprint density at radius 1 is 0.926 bits per heavy atom. The molecule has 0 spiro atoms. The fourth-order valence-electron chi connectivity index (χ4n) is 5.30. The van der Waals surface area contributed by atoms with Crippen LogP contribution in [0.1, 0.15) is 89.3 Å². The van der Waals surface area contributed by atoms with Gasteiger partial charge in [-0.2, -0.15) is 0 Å². The lowest BCUT2D eigenvalue weighted by Gasteiger charge is -2.43. The Hall–Kier alpha value is -1.20. The van der Waals surface area contributed by atoms with Gasteiger partial charge in [0.2, 0.25) is 0 Å². The fraction of sp³-hybridized carbons (Fsp3) is 0.818. The van der Waals surface area contributed by atoms with Crippen LogP contribution in [0.15, 0.2) is 12.3 Å². The molecule has 5 nitrogen and oxygen atoms in total. The highest BCUT2D eigenvalue weighted by Crippen LogP contribution is 2.35. The molecule has 2 unspecified atom stereocenters. The van der Waals surface area contributed by atoms with Crippen molar-refractivity contribution in [3.05, 3.63) is 18.1 Å². The van der Waals surface area contributed by atoms with Gasteiger partial charge in [0, 0.05) is 31.4 Å². The minimum Gasteiger partial charge on any atom is -0.357 e. The van der Waals surface area contributed by atoms with Crippen molar-refractivity contribution in [2.75, 3.05) is 18.0 Å². The quantitative estimate of drug-likeness (QED) is 0.841. The van der Waals surface area contributed by atoms with Gasteiger partial charge < -0.3 is 16.0 Å². The van der Waals surface area contributed by atoms with Gasteiger partial charge in [-0.1, -0.05) is 44.9 Å². The molecule has 0 amide bonds. The smallest absolute Gasteiger partial charge is 0.152 e. The number of anilines is 1. The van der Waals surface area contributed by atoms with E-state index in [-0.39, 0.29) is 0 Å². The van der Waals surface area contributed by atoms with E-state index in [4.69, 9.17) is 15.7 Å². The van der Waals surface area contributed by atoms with Crippen LogP contribution >= 0.6 is 0 Å². The van der Waals surface area contributed by atoms with Crippen molar-refractivity contribution in [2.24, 2.45) is 5.73 Å². The topological polar surface area (TPSA) is 67.1 Å². The van der Waals surface area contributed by atoms with Gasteiger partial charge in [-0.15, -0.1) is 0 Å². The highest BCUT2D eigenvalue weighted by atomic mass is 15.2. The predicted octanol–water partition coefficient (Wildman–Crippen LogP) is 3.88. The van der Waals surface area contributed by atoms with E-state index >= 15 is 0 Å². The number of aromatic nitrogens is 2. The Kier molecular flexibility index (Phi) is 6.28. The molecule has 2 saturated carbocycles. The van der Waals surface area contributed by atoms with E-state index in [0.29, 0.717) is 12.1 Å². The summed E-state index contributed by atoms with van der Waals surface area (Å²) in [6, 6.07) is 3.00. The molecule has 2 aliphatic carbocycles. The van der Waals surface area contributed by atoms with Gasteiger partial charge in [-0.05, 0) is 44.6 Å². The molecule has 3 fully saturated rings. The number of nitrogens with two attached hydrogens (primary N) is 1. The molecule has 0 bridgehead atoms. The van der Waals surface area contributed by atoms with E-state index in [1.54, 1.807) is 0 Å². The summed E-state index contributed by atoms with van der Waals surface area (Å²) in [5.74, 6) is 1.94. The van der Waals surface area contributed by atoms with Crippen molar-refractivity contribution in [1.29, 1.82) is 0 Å². The van der Waals surface area contributed by atoms with Crippen LogP contribution < -0.4 is 16.0 Å². The van der Waals surface area contributed by atoms with Crippen LogP contribution in [0.2, 0.25) is 0 Å². The zero-order valence-corrected chi connectivity index (χ0v) is 16.8. The maximum absolute atomic E-state index is 7.07. The maximum atomic E-state index is 7.07. The molecule has 4 rings (SSSR count). The third kappa shape index (κ3) is 4.45. The number of hydrogen-bond donors (Lipinski definition) is 2. The average molecular weight is 372 g/mol. The molecular formula is C22H37N5. The molecule has 5 heteroatoms. The Bertz CT molecular complexity index is 592. The summed E-state index contributed by atoms with van der Waals surface area (Å²) in [4.78, 5) is 12.2. The lowest BCUT2D eigenvalue weighted by Crippen LogP contribution is -2.59. The zero-order chi connectivity index (χ0) is 18.5. The summed E-state index contributed by atoms with van der Waals surface area (Å²) in [5, 5.41) is 3.94. The first-order valence-electron chi connectivity index (χ1n) is 11.4. The molecule has 27 heavy (non-hydrogen) atoms. The monoisotopic (exact) mass is 371 g/mol. The van der Waals surface area contributed by atoms with Crippen molar-refractivity contribution in [1.82, 2.24) is 15.3 Å². The second-order valence-electron chi connectivity index (χ2n) is 8.98. The van der Waals surface area contributed by atoms with Gasteiger partial charge in [-0.3, -0.25) is 0 Å². The van der Waals surface area contributed by atoms with Crippen LogP contribution in [0.25, 0.3) is 0 Å². The first-order valence-corrected chi connectivity index (χ1v) is 11.4. The molecule has 3 N–H and O–H groups in total. The summed E-state index contributed by atoms with van der Waals surface area (Å²) in [6.07, 6.45) is 18.4. The van der Waals surface area contributed by atoms with Crippen LogP contribution in [0.4, 0.5) is 5.82 Å². The van der Waals surface area contributed by atoms with Crippen molar-refractivity contribution in [2.45, 2.75) is 101 Å². The molecule has 2 heterocycles. The van der Waals surface area contributed by atoms with Crippen LogP contribution in [-0.4, -0.2) is 35.1 Å². The molecular weight excluding hydrogens is 334 g/mol. The molecule has 1 aliphatic heterocycles. The normalized spacial score (nSPS) is 30.9. The zero-order valence-electron chi connectivity index (χ0n) is 16.8. The lowest BCUT2D eigenvalue weighted by atomic mass is 9.76. The van der Waals surface area contributed by atoms with Crippen LogP contribution in [-0.2, 0) is 5.54 Å². The van der Waals surface area contributed by atoms with Gasteiger partial charge in [0.25, 0.3) is 0 Å². The summed E-state index contributed by atoms with van der Waals surface area (Å²) in [7, 11) is 0. The molecule has 1 aromatic rings. The number of rotatable bonds is 4. The van der Waals surface area contributed by atoms with Gasteiger partial charge in [-0.25, -0.2) is 9.97 Å². The lowest BCUT2D eigenvalue weighted by molar-refractivity contribution is 0.179. The highest BCUT2D eigenvalue weighted by molar-refractivity contribution is 5.38. The Labute approximate surface area is 164 Å². The molecule has 150 valence electrons. The molecule has 0 radical (unpaired) electrons. The second-order valence-corrected chi connectivity index (χ2v) is 8.98. The van der Waals surface area contributed by atoms with E-state index in [1.165, 1.54) is 70.6 Å². The molecule has 3 aliphatic rings. The summed E-state index contributed by atoms with van der Waals surface area (Å²) < 4.78 is 0. The van der Waals surface area contributed by atoms with Gasteiger partial charge in [0.1, 0.15) is 5.82 Å². The largest absolute Gasteiger partial charge is 0.357 e. The number of nitrogens with one attached hydrogen (secondary N) is 1. The van der Waals surface area contributed by atoms with Gasteiger partial charge >= 0.3 is 0 Å². The van der Waals surface area contributed by atoms with Crippen molar-refractivity contribution in [3.8, 4) is 0 Å². The third-order valence-corrected chi connectivity index (χ3v) is 6.98. The van der Waals surface area contributed by atoms with Crippen molar-refractivity contribution in [3.63, 3.8) is 0 Å². The molecule has 1 saturated heterocycles. The van der Waals surface area contributed by atoms with Crippen LogP contribution in [0, 0.1) is 0 Å². The summed E-state index contributed by atoms with van der Waals surface area (Å²) >= 11 is 0. The Morgan fingerprint density at radius 3 is 2.41 bits per heavy atom. The van der Waals surface area contributed by atoms with E-state index in [0.717, 1.165) is 37.6 Å². The van der Waals surface area contributed by atoms with Crippen molar-refractivity contribution < 1.29 is 0 Å². The molecule has 0 aromatic carbocycles. The second kappa shape index (κ2) is 8.87. The number of hydrogen-bond acceptors (Lipinski definition) is 5. The van der Waals surface area contributed by atoms with E-state index in [1.807, 2.05) is 6.20 Å². The minimum atomic E-state index is -0.433. The molecule has 1 aromatic heterocycles. The van der Waals surface area contributed by atoms with Crippen molar-refractivity contribution >= 4 is 5.82 Å². The van der Waals surface area contributed by atoms with E-state index < -0.39 is 5.54 Å². The molecule has 2 atom stereocenters. The first-order chi connectivity index (χ1) is 13.3. The summed E-state index contributed by atoms with van der Waals surface area (Å²) in [6.45, 7) is 2.22. The minimum absolute atomic E-state index is 0.300. The third-order valence-electron chi connectivity index (χ3n) is 6.98. The van der Waals surface area contributed by atoms with E-state index in [9.17, 15) is 0 Å². The first kappa shape index (κ1) is 19.1. The maximum Gasteiger partial charge on any atom is 0.152 e. The summed E-state index contributed by atoms with van der Waals surface area (Å²) in [5.41, 5.74) is 6.63. The van der Waals surface area contributed by atoms with Crippen LogP contribution in [0.5, 0.6) is 0 Å². The highest BCUT2D eigenvalue weighted by Gasteiger charge is 2.42. The predicted molar refractivity (Wildman–Crippen MR) is 111 cm³/mol. The van der Waals surface area contributed by atoms with Gasteiger partial charge in [0.15, 0.2) is 5.82 Å². The Morgan fingerprint density at radius 2 is 1.63 bits per heavy atom.